The maximum absolute atomic E-state index is 12.2. The Morgan fingerprint density at radius 2 is 2.16 bits per heavy atom. The highest BCUT2D eigenvalue weighted by molar-refractivity contribution is 5.93. The first-order chi connectivity index (χ1) is 9.08. The van der Waals surface area contributed by atoms with Gasteiger partial charge >= 0.3 is 0 Å². The molecule has 1 atom stereocenters. The van der Waals surface area contributed by atoms with Crippen molar-refractivity contribution in [1.29, 1.82) is 0 Å². The summed E-state index contributed by atoms with van der Waals surface area (Å²) in [6.45, 7) is 8.08. The number of hydrogen-bond donors (Lipinski definition) is 1. The van der Waals surface area contributed by atoms with E-state index in [9.17, 15) is 4.79 Å². The van der Waals surface area contributed by atoms with Crippen LogP contribution in [0.3, 0.4) is 0 Å². The van der Waals surface area contributed by atoms with E-state index < -0.39 is 0 Å². The lowest BCUT2D eigenvalue weighted by atomic mass is 10.1. The molecule has 0 aliphatic rings. The first-order valence-corrected chi connectivity index (χ1v) is 7.03. The summed E-state index contributed by atoms with van der Waals surface area (Å²) in [5.74, 6) is 1.38. The third-order valence-electron chi connectivity index (χ3n) is 3.20. The fraction of sp³-hybridized carbons (Fsp3) is 0.600. The van der Waals surface area contributed by atoms with E-state index >= 15 is 0 Å². The van der Waals surface area contributed by atoms with Crippen molar-refractivity contribution in [2.45, 2.75) is 33.6 Å². The molecule has 0 saturated heterocycles. The first kappa shape index (κ1) is 15.5. The fourth-order valence-electron chi connectivity index (χ4n) is 1.78. The van der Waals surface area contributed by atoms with Crippen molar-refractivity contribution in [3.63, 3.8) is 0 Å². The molecule has 0 aliphatic carbocycles. The quantitative estimate of drug-likeness (QED) is 0.822. The van der Waals surface area contributed by atoms with Gasteiger partial charge in [0.2, 0.25) is 0 Å². The number of carbonyl (C=O) groups is 1. The largest absolute Gasteiger partial charge is 0.370 e. The molecule has 0 bridgehead atoms. The van der Waals surface area contributed by atoms with E-state index in [1.807, 2.05) is 19.2 Å². The predicted octanol–water partition coefficient (Wildman–Crippen LogP) is 3.02. The van der Waals surface area contributed by atoms with Crippen LogP contribution < -0.4 is 5.32 Å². The number of nitrogens with one attached hydrogen (secondary N) is 1. The average molecular weight is 263 g/mol. The van der Waals surface area contributed by atoms with E-state index in [0.717, 1.165) is 31.7 Å². The highest BCUT2D eigenvalue weighted by atomic mass is 16.2. The summed E-state index contributed by atoms with van der Waals surface area (Å²) in [5, 5.41) is 3.20. The SMILES string of the molecule is CCCNc1ccc(C(=O)N(C)CC(C)CC)cn1. The van der Waals surface area contributed by atoms with Gasteiger partial charge < -0.3 is 10.2 Å². The Hall–Kier alpha value is -1.58. The van der Waals surface area contributed by atoms with Gasteiger partial charge in [-0.1, -0.05) is 27.2 Å². The summed E-state index contributed by atoms with van der Waals surface area (Å²) < 4.78 is 0. The minimum absolute atomic E-state index is 0.0369. The highest BCUT2D eigenvalue weighted by Gasteiger charge is 2.13. The smallest absolute Gasteiger partial charge is 0.255 e. The molecule has 19 heavy (non-hydrogen) atoms. The molecule has 1 N–H and O–H groups in total. The molecule has 1 heterocycles. The van der Waals surface area contributed by atoms with Crippen molar-refractivity contribution in [3.8, 4) is 0 Å². The third kappa shape index (κ3) is 4.89. The number of pyridine rings is 1. The van der Waals surface area contributed by atoms with Gasteiger partial charge in [0.25, 0.3) is 5.91 Å². The minimum atomic E-state index is 0.0369. The Morgan fingerprint density at radius 3 is 2.68 bits per heavy atom. The minimum Gasteiger partial charge on any atom is -0.370 e. The van der Waals surface area contributed by atoms with Gasteiger partial charge in [0.05, 0.1) is 5.56 Å². The summed E-state index contributed by atoms with van der Waals surface area (Å²) in [6.07, 6.45) is 3.78. The Bertz CT molecular complexity index is 389. The van der Waals surface area contributed by atoms with Crippen LogP contribution in [0.1, 0.15) is 44.0 Å². The van der Waals surface area contributed by atoms with E-state index in [1.54, 1.807) is 11.1 Å². The van der Waals surface area contributed by atoms with Crippen molar-refractivity contribution in [2.24, 2.45) is 5.92 Å². The number of hydrogen-bond acceptors (Lipinski definition) is 3. The molecule has 0 aromatic carbocycles. The molecule has 0 radical (unpaired) electrons. The normalized spacial score (nSPS) is 12.0. The molecule has 4 heteroatoms. The van der Waals surface area contributed by atoms with Crippen molar-refractivity contribution < 1.29 is 4.79 Å². The molecule has 1 amide bonds. The summed E-state index contributed by atoms with van der Waals surface area (Å²) in [4.78, 5) is 18.2. The van der Waals surface area contributed by atoms with E-state index in [1.165, 1.54) is 0 Å². The lowest BCUT2D eigenvalue weighted by Gasteiger charge is -2.20. The van der Waals surface area contributed by atoms with Gasteiger partial charge in [0.15, 0.2) is 0 Å². The Morgan fingerprint density at radius 1 is 1.42 bits per heavy atom. The molecule has 1 unspecified atom stereocenters. The summed E-state index contributed by atoms with van der Waals surface area (Å²) in [5.41, 5.74) is 0.646. The van der Waals surface area contributed by atoms with Crippen LogP contribution in [0, 0.1) is 5.92 Å². The molecular formula is C15H25N3O. The average Bonchev–Trinajstić information content (AvgIpc) is 2.44. The predicted molar refractivity (Wildman–Crippen MR) is 79.4 cm³/mol. The van der Waals surface area contributed by atoms with Crippen LogP contribution in [0.15, 0.2) is 18.3 Å². The number of anilines is 1. The molecule has 1 aromatic heterocycles. The van der Waals surface area contributed by atoms with Crippen LogP contribution in [0.4, 0.5) is 5.82 Å². The zero-order chi connectivity index (χ0) is 14.3. The van der Waals surface area contributed by atoms with Gasteiger partial charge in [0, 0.05) is 26.3 Å². The van der Waals surface area contributed by atoms with E-state index in [-0.39, 0.29) is 5.91 Å². The second-order valence-corrected chi connectivity index (χ2v) is 5.06. The van der Waals surface area contributed by atoms with Crippen LogP contribution in [0.2, 0.25) is 0 Å². The van der Waals surface area contributed by atoms with Crippen LogP contribution in [-0.4, -0.2) is 35.9 Å². The number of carbonyl (C=O) groups excluding carboxylic acids is 1. The molecule has 106 valence electrons. The van der Waals surface area contributed by atoms with Gasteiger partial charge in [0.1, 0.15) is 5.82 Å². The number of aromatic nitrogens is 1. The molecule has 4 nitrogen and oxygen atoms in total. The van der Waals surface area contributed by atoms with Crippen LogP contribution >= 0.6 is 0 Å². The number of amides is 1. The van der Waals surface area contributed by atoms with Gasteiger partial charge in [-0.15, -0.1) is 0 Å². The zero-order valence-corrected chi connectivity index (χ0v) is 12.4. The molecule has 0 aliphatic heterocycles. The molecular weight excluding hydrogens is 238 g/mol. The monoisotopic (exact) mass is 263 g/mol. The van der Waals surface area contributed by atoms with Crippen molar-refractivity contribution in [3.05, 3.63) is 23.9 Å². The first-order valence-electron chi connectivity index (χ1n) is 7.03. The zero-order valence-electron chi connectivity index (χ0n) is 12.4. The molecule has 1 aromatic rings. The van der Waals surface area contributed by atoms with Crippen molar-refractivity contribution in [1.82, 2.24) is 9.88 Å². The van der Waals surface area contributed by atoms with Gasteiger partial charge in [-0.05, 0) is 24.5 Å². The topological polar surface area (TPSA) is 45.2 Å². The lowest BCUT2D eigenvalue weighted by Crippen LogP contribution is -2.30. The van der Waals surface area contributed by atoms with E-state index in [4.69, 9.17) is 0 Å². The molecule has 1 rings (SSSR count). The fourth-order valence-corrected chi connectivity index (χ4v) is 1.78. The highest BCUT2D eigenvalue weighted by Crippen LogP contribution is 2.10. The van der Waals surface area contributed by atoms with Crippen molar-refractivity contribution in [2.75, 3.05) is 25.5 Å². The lowest BCUT2D eigenvalue weighted by molar-refractivity contribution is 0.0774. The van der Waals surface area contributed by atoms with Gasteiger partial charge in [-0.3, -0.25) is 4.79 Å². The van der Waals surface area contributed by atoms with Crippen LogP contribution in [0.25, 0.3) is 0 Å². The summed E-state index contributed by atoms with van der Waals surface area (Å²) in [6, 6.07) is 3.69. The van der Waals surface area contributed by atoms with Crippen LogP contribution in [-0.2, 0) is 0 Å². The number of rotatable bonds is 7. The Kier molecular flexibility index (Phi) is 6.33. The standard InChI is InChI=1S/C15H25N3O/c1-5-9-16-14-8-7-13(10-17-14)15(19)18(4)11-12(3)6-2/h7-8,10,12H,5-6,9,11H2,1-4H3,(H,16,17). The van der Waals surface area contributed by atoms with E-state index in [2.05, 4.69) is 31.1 Å². The third-order valence-corrected chi connectivity index (χ3v) is 3.20. The maximum Gasteiger partial charge on any atom is 0.255 e. The van der Waals surface area contributed by atoms with Gasteiger partial charge in [-0.25, -0.2) is 4.98 Å². The Balaban J connectivity index is 2.61. The second-order valence-electron chi connectivity index (χ2n) is 5.06. The molecule has 0 saturated carbocycles. The maximum atomic E-state index is 12.2. The summed E-state index contributed by atoms with van der Waals surface area (Å²) in [7, 11) is 1.84. The summed E-state index contributed by atoms with van der Waals surface area (Å²) >= 11 is 0. The Labute approximate surface area is 116 Å². The van der Waals surface area contributed by atoms with E-state index in [0.29, 0.717) is 11.5 Å². The van der Waals surface area contributed by atoms with Crippen molar-refractivity contribution >= 4 is 11.7 Å². The van der Waals surface area contributed by atoms with Crippen LogP contribution in [0.5, 0.6) is 0 Å². The molecule has 0 fully saturated rings. The van der Waals surface area contributed by atoms with Gasteiger partial charge in [-0.2, -0.15) is 0 Å². The number of nitrogens with zero attached hydrogens (tertiary/aromatic N) is 2. The molecule has 0 spiro atoms. The second kappa shape index (κ2) is 7.77.